The van der Waals surface area contributed by atoms with E-state index >= 15 is 0 Å². The molecule has 1 rings (SSSR count). The highest BCUT2D eigenvalue weighted by Crippen LogP contribution is 2.17. The zero-order chi connectivity index (χ0) is 16.0. The molecule has 0 saturated carbocycles. The van der Waals surface area contributed by atoms with Crippen LogP contribution in [-0.4, -0.2) is 38.2 Å². The summed E-state index contributed by atoms with van der Waals surface area (Å²) >= 11 is 0. The van der Waals surface area contributed by atoms with Crippen molar-refractivity contribution in [3.63, 3.8) is 0 Å². The summed E-state index contributed by atoms with van der Waals surface area (Å²) in [6.07, 6.45) is 0.176. The molecule has 0 aliphatic rings. The van der Waals surface area contributed by atoms with E-state index in [0.29, 0.717) is 10.8 Å². The van der Waals surface area contributed by atoms with Crippen molar-refractivity contribution < 1.29 is 20.1 Å². The van der Waals surface area contributed by atoms with Crippen LogP contribution in [0, 0.1) is 10.1 Å². The van der Waals surface area contributed by atoms with Gasteiger partial charge in [0, 0.05) is 24.2 Å². The van der Waals surface area contributed by atoms with Crippen molar-refractivity contribution >= 4 is 23.1 Å². The van der Waals surface area contributed by atoms with E-state index in [1.165, 1.54) is 24.3 Å². The molecule has 0 bridgehead atoms. The lowest BCUT2D eigenvalue weighted by atomic mass is 10.2. The molecule has 0 fully saturated rings. The van der Waals surface area contributed by atoms with Crippen molar-refractivity contribution in [3.8, 4) is 0 Å². The van der Waals surface area contributed by atoms with Crippen LogP contribution < -0.4 is 5.32 Å². The standard InChI is InChI=1S/C12H16N4O5/c1-8(14-18)6-9(2)15(19)12(17)13-10-4-3-5-11(7-10)16(20)21/h3-5,7,9,18-19H,6H2,1-2H3,(H,13,17)/b14-8+. The molecule has 1 unspecified atom stereocenters. The number of hydrogen-bond acceptors (Lipinski definition) is 6. The largest absolute Gasteiger partial charge is 0.411 e. The Labute approximate surface area is 120 Å². The van der Waals surface area contributed by atoms with E-state index in [4.69, 9.17) is 5.21 Å². The normalized spacial score (nSPS) is 12.6. The zero-order valence-electron chi connectivity index (χ0n) is 11.6. The number of urea groups is 1. The molecule has 9 heteroatoms. The first-order valence-corrected chi connectivity index (χ1v) is 6.06. The number of rotatable bonds is 5. The molecule has 0 heterocycles. The summed E-state index contributed by atoms with van der Waals surface area (Å²) in [5, 5.41) is 34.6. The maximum Gasteiger partial charge on any atom is 0.345 e. The van der Waals surface area contributed by atoms with Gasteiger partial charge in [-0.15, -0.1) is 0 Å². The molecule has 1 aromatic rings. The number of non-ortho nitro benzene ring substituents is 1. The summed E-state index contributed by atoms with van der Waals surface area (Å²) in [5.41, 5.74) is 0.367. The number of nitro groups is 1. The molecule has 0 aliphatic heterocycles. The van der Waals surface area contributed by atoms with Crippen molar-refractivity contribution in [1.29, 1.82) is 0 Å². The number of hydroxylamine groups is 2. The third-order valence-electron chi connectivity index (χ3n) is 2.70. The van der Waals surface area contributed by atoms with Crippen molar-refractivity contribution in [3.05, 3.63) is 34.4 Å². The third-order valence-corrected chi connectivity index (χ3v) is 2.70. The van der Waals surface area contributed by atoms with Crippen LogP contribution in [0.3, 0.4) is 0 Å². The number of benzene rings is 1. The van der Waals surface area contributed by atoms with E-state index in [-0.39, 0.29) is 17.8 Å². The summed E-state index contributed by atoms with van der Waals surface area (Å²) in [7, 11) is 0. The van der Waals surface area contributed by atoms with Crippen LogP contribution in [0.1, 0.15) is 20.3 Å². The van der Waals surface area contributed by atoms with Crippen LogP contribution in [0.4, 0.5) is 16.2 Å². The SMILES string of the molecule is C/C(CC(C)N(O)C(=O)Nc1cccc([N+](=O)[O-])c1)=N\O. The lowest BCUT2D eigenvalue weighted by Gasteiger charge is -2.22. The molecule has 1 atom stereocenters. The Kier molecular flexibility index (Phi) is 5.61. The van der Waals surface area contributed by atoms with Gasteiger partial charge in [-0.1, -0.05) is 11.2 Å². The van der Waals surface area contributed by atoms with Gasteiger partial charge in [-0.3, -0.25) is 15.3 Å². The first-order chi connectivity index (χ1) is 9.85. The van der Waals surface area contributed by atoms with Gasteiger partial charge in [-0.05, 0) is 19.9 Å². The number of carbonyl (C=O) groups excluding carboxylic acids is 1. The van der Waals surface area contributed by atoms with Gasteiger partial charge in [0.15, 0.2) is 0 Å². The van der Waals surface area contributed by atoms with Gasteiger partial charge in [0.2, 0.25) is 0 Å². The molecule has 0 spiro atoms. The zero-order valence-corrected chi connectivity index (χ0v) is 11.6. The molecule has 114 valence electrons. The average molecular weight is 296 g/mol. The Balaban J connectivity index is 2.72. The monoisotopic (exact) mass is 296 g/mol. The second-order valence-corrected chi connectivity index (χ2v) is 4.47. The smallest absolute Gasteiger partial charge is 0.345 e. The van der Waals surface area contributed by atoms with Gasteiger partial charge in [0.05, 0.1) is 16.7 Å². The number of carbonyl (C=O) groups is 1. The minimum absolute atomic E-state index is 0.173. The molecule has 9 nitrogen and oxygen atoms in total. The maximum atomic E-state index is 11.8. The van der Waals surface area contributed by atoms with Gasteiger partial charge in [0.25, 0.3) is 5.69 Å². The molecule has 0 radical (unpaired) electrons. The molecule has 0 saturated heterocycles. The van der Waals surface area contributed by atoms with Gasteiger partial charge in [0.1, 0.15) is 0 Å². The second kappa shape index (κ2) is 7.20. The number of anilines is 1. The summed E-state index contributed by atoms with van der Waals surface area (Å²) in [6.45, 7) is 3.10. The van der Waals surface area contributed by atoms with E-state index < -0.39 is 17.0 Å². The number of oxime groups is 1. The van der Waals surface area contributed by atoms with Crippen LogP contribution >= 0.6 is 0 Å². The molecule has 3 N–H and O–H groups in total. The van der Waals surface area contributed by atoms with Crippen LogP contribution in [-0.2, 0) is 0 Å². The number of amides is 2. The second-order valence-electron chi connectivity index (χ2n) is 4.47. The minimum Gasteiger partial charge on any atom is -0.411 e. The van der Waals surface area contributed by atoms with Gasteiger partial charge in [-0.25, -0.2) is 9.86 Å². The van der Waals surface area contributed by atoms with Crippen LogP contribution in [0.5, 0.6) is 0 Å². The molecule has 0 aromatic heterocycles. The Morgan fingerprint density at radius 1 is 1.57 bits per heavy atom. The van der Waals surface area contributed by atoms with Crippen molar-refractivity contribution in [2.45, 2.75) is 26.3 Å². The van der Waals surface area contributed by atoms with Gasteiger partial charge in [-0.2, -0.15) is 0 Å². The topological polar surface area (TPSA) is 128 Å². The van der Waals surface area contributed by atoms with E-state index in [9.17, 15) is 20.1 Å². The highest BCUT2D eigenvalue weighted by Gasteiger charge is 2.19. The molecule has 1 aromatic carbocycles. The van der Waals surface area contributed by atoms with E-state index in [0.717, 1.165) is 0 Å². The predicted molar refractivity (Wildman–Crippen MR) is 74.7 cm³/mol. The first kappa shape index (κ1) is 16.4. The summed E-state index contributed by atoms with van der Waals surface area (Å²) in [6, 6.07) is 3.88. The fourth-order valence-corrected chi connectivity index (χ4v) is 1.63. The molecule has 21 heavy (non-hydrogen) atoms. The van der Waals surface area contributed by atoms with Crippen molar-refractivity contribution in [2.75, 3.05) is 5.32 Å². The molecule has 2 amide bonds. The van der Waals surface area contributed by atoms with Crippen LogP contribution in [0.25, 0.3) is 0 Å². The lowest BCUT2D eigenvalue weighted by Crippen LogP contribution is -2.39. The summed E-state index contributed by atoms with van der Waals surface area (Å²) < 4.78 is 0. The van der Waals surface area contributed by atoms with E-state index in [1.807, 2.05) is 0 Å². The van der Waals surface area contributed by atoms with Crippen molar-refractivity contribution in [1.82, 2.24) is 5.06 Å². The Morgan fingerprint density at radius 3 is 2.81 bits per heavy atom. The summed E-state index contributed by atoms with van der Waals surface area (Å²) in [4.78, 5) is 21.8. The Bertz CT molecular complexity index is 560. The minimum atomic E-state index is -0.839. The van der Waals surface area contributed by atoms with E-state index in [1.54, 1.807) is 13.8 Å². The molecule has 0 aliphatic carbocycles. The third kappa shape index (κ3) is 4.73. The average Bonchev–Trinajstić information content (AvgIpc) is 2.46. The van der Waals surface area contributed by atoms with Crippen LogP contribution in [0.2, 0.25) is 0 Å². The predicted octanol–water partition coefficient (Wildman–Crippen LogP) is 2.45. The summed E-state index contributed by atoms with van der Waals surface area (Å²) in [5.74, 6) is 0. The number of nitrogens with one attached hydrogen (secondary N) is 1. The number of hydrogen-bond donors (Lipinski definition) is 3. The Morgan fingerprint density at radius 2 is 2.24 bits per heavy atom. The number of nitrogens with zero attached hydrogens (tertiary/aromatic N) is 3. The Hall–Kier alpha value is -2.68. The highest BCUT2D eigenvalue weighted by molar-refractivity contribution is 5.89. The highest BCUT2D eigenvalue weighted by atomic mass is 16.6. The first-order valence-electron chi connectivity index (χ1n) is 6.06. The van der Waals surface area contributed by atoms with Crippen molar-refractivity contribution in [2.24, 2.45) is 5.16 Å². The lowest BCUT2D eigenvalue weighted by molar-refractivity contribution is -0.384. The maximum absolute atomic E-state index is 11.8. The van der Waals surface area contributed by atoms with Crippen LogP contribution in [0.15, 0.2) is 29.4 Å². The number of nitro benzene ring substituents is 1. The fraction of sp³-hybridized carbons (Fsp3) is 0.333. The quantitative estimate of drug-likeness (QED) is 0.253. The van der Waals surface area contributed by atoms with Gasteiger partial charge >= 0.3 is 6.03 Å². The molecular formula is C12H16N4O5. The molecular weight excluding hydrogens is 280 g/mol. The fourth-order valence-electron chi connectivity index (χ4n) is 1.63. The van der Waals surface area contributed by atoms with Gasteiger partial charge < -0.3 is 10.5 Å². The van der Waals surface area contributed by atoms with E-state index in [2.05, 4.69) is 10.5 Å².